The molecule has 174 valence electrons. The topological polar surface area (TPSA) is 44.5 Å². The van der Waals surface area contributed by atoms with Crippen molar-refractivity contribution in [3.63, 3.8) is 0 Å². The Labute approximate surface area is 197 Å². The highest BCUT2D eigenvalue weighted by Gasteiger charge is 2.28. The van der Waals surface area contributed by atoms with Gasteiger partial charge in [0.15, 0.2) is 0 Å². The Bertz CT molecular complexity index is 1060. The van der Waals surface area contributed by atoms with Crippen LogP contribution in [0.3, 0.4) is 0 Å². The van der Waals surface area contributed by atoms with E-state index in [1.807, 2.05) is 0 Å². The van der Waals surface area contributed by atoms with Crippen LogP contribution in [-0.2, 0) is 6.54 Å². The molecule has 5 rings (SSSR count). The number of piperidine rings is 2. The molecule has 1 N–H and O–H groups in total. The van der Waals surface area contributed by atoms with Crippen LogP contribution < -0.4 is 0 Å². The number of hydrogen-bond donors (Lipinski definition) is 1. The van der Waals surface area contributed by atoms with E-state index in [0.717, 1.165) is 56.9 Å². The van der Waals surface area contributed by atoms with Crippen LogP contribution in [0.2, 0.25) is 0 Å². The van der Waals surface area contributed by atoms with Crippen molar-refractivity contribution >= 4 is 0 Å². The zero-order valence-electron chi connectivity index (χ0n) is 20.0. The number of hydrogen-bond acceptors (Lipinski definition) is 4. The Hall–Kier alpha value is -2.47. The van der Waals surface area contributed by atoms with Gasteiger partial charge in [0.1, 0.15) is 0 Å². The summed E-state index contributed by atoms with van der Waals surface area (Å²) in [6, 6.07) is 17.8. The van der Waals surface area contributed by atoms with E-state index in [1.165, 1.54) is 35.1 Å². The van der Waals surface area contributed by atoms with Gasteiger partial charge in [-0.05, 0) is 69.8 Å². The van der Waals surface area contributed by atoms with E-state index in [9.17, 15) is 5.11 Å². The largest absolute Gasteiger partial charge is 0.393 e. The van der Waals surface area contributed by atoms with Crippen molar-refractivity contribution in [2.75, 3.05) is 26.2 Å². The normalized spacial score (nSPS) is 19.2. The van der Waals surface area contributed by atoms with Gasteiger partial charge >= 0.3 is 0 Å². The van der Waals surface area contributed by atoms with E-state index >= 15 is 0 Å². The van der Waals surface area contributed by atoms with Crippen molar-refractivity contribution < 1.29 is 5.11 Å². The molecule has 2 aromatic carbocycles. The second-order valence-corrected chi connectivity index (χ2v) is 9.88. The van der Waals surface area contributed by atoms with Gasteiger partial charge in [-0.2, -0.15) is 5.10 Å². The molecule has 0 bridgehead atoms. The van der Waals surface area contributed by atoms with E-state index in [0.29, 0.717) is 6.04 Å². The molecule has 2 aliphatic heterocycles. The molecule has 3 aromatic rings. The number of aromatic nitrogens is 2. The molecule has 0 amide bonds. The molecule has 5 heteroatoms. The molecule has 0 spiro atoms. The van der Waals surface area contributed by atoms with Crippen LogP contribution in [-0.4, -0.2) is 63.0 Å². The first kappa shape index (κ1) is 22.3. The van der Waals surface area contributed by atoms with E-state index in [4.69, 9.17) is 5.10 Å². The van der Waals surface area contributed by atoms with Gasteiger partial charge in [0.05, 0.1) is 17.5 Å². The fourth-order valence-corrected chi connectivity index (χ4v) is 5.39. The predicted molar refractivity (Wildman–Crippen MR) is 134 cm³/mol. The predicted octanol–water partition coefficient (Wildman–Crippen LogP) is 4.58. The number of likely N-dealkylation sites (tertiary alicyclic amines) is 2. The summed E-state index contributed by atoms with van der Waals surface area (Å²) in [5, 5.41) is 14.9. The number of benzene rings is 2. The van der Waals surface area contributed by atoms with Gasteiger partial charge in [0, 0.05) is 43.0 Å². The highest BCUT2D eigenvalue weighted by molar-refractivity contribution is 5.63. The highest BCUT2D eigenvalue weighted by atomic mass is 16.3. The van der Waals surface area contributed by atoms with Gasteiger partial charge < -0.3 is 10.0 Å². The zero-order valence-corrected chi connectivity index (χ0v) is 20.0. The second-order valence-electron chi connectivity index (χ2n) is 9.88. The quantitative estimate of drug-likeness (QED) is 0.626. The molecule has 0 aliphatic carbocycles. The highest BCUT2D eigenvalue weighted by Crippen LogP contribution is 2.28. The van der Waals surface area contributed by atoms with Crippen molar-refractivity contribution in [2.45, 2.75) is 58.2 Å². The number of nitrogens with zero attached hydrogens (tertiary/aromatic N) is 4. The molecular weight excluding hydrogens is 408 g/mol. The molecule has 2 saturated heterocycles. The Balaban J connectivity index is 1.34. The maximum Gasteiger partial charge on any atom is 0.0972 e. The van der Waals surface area contributed by atoms with Gasteiger partial charge in [-0.1, -0.05) is 42.5 Å². The van der Waals surface area contributed by atoms with Gasteiger partial charge in [-0.25, -0.2) is 4.68 Å². The van der Waals surface area contributed by atoms with Crippen molar-refractivity contribution in [3.05, 3.63) is 71.4 Å². The third kappa shape index (κ3) is 5.06. The fourth-order valence-electron chi connectivity index (χ4n) is 5.39. The monoisotopic (exact) mass is 444 g/mol. The van der Waals surface area contributed by atoms with Crippen LogP contribution in [0.25, 0.3) is 16.9 Å². The summed E-state index contributed by atoms with van der Waals surface area (Å²) in [5.74, 6) is 0. The minimum atomic E-state index is -0.0914. The number of aryl methyl sites for hydroxylation is 2. The summed E-state index contributed by atoms with van der Waals surface area (Å²) in [6.07, 6.45) is 6.42. The third-order valence-electron chi connectivity index (χ3n) is 7.42. The Morgan fingerprint density at radius 1 is 0.909 bits per heavy atom. The summed E-state index contributed by atoms with van der Waals surface area (Å²) in [7, 11) is 0. The molecule has 1 aromatic heterocycles. The van der Waals surface area contributed by atoms with Gasteiger partial charge in [0.2, 0.25) is 0 Å². The van der Waals surface area contributed by atoms with E-state index in [1.54, 1.807) is 0 Å². The van der Waals surface area contributed by atoms with Crippen molar-refractivity contribution in [1.82, 2.24) is 19.6 Å². The van der Waals surface area contributed by atoms with Gasteiger partial charge in [0.25, 0.3) is 0 Å². The smallest absolute Gasteiger partial charge is 0.0972 e. The van der Waals surface area contributed by atoms with Gasteiger partial charge in [-0.3, -0.25) is 4.90 Å². The lowest BCUT2D eigenvalue weighted by atomic mass is 9.98. The summed E-state index contributed by atoms with van der Waals surface area (Å²) in [5.41, 5.74) is 7.20. The summed E-state index contributed by atoms with van der Waals surface area (Å²) < 4.78 is 2.08. The van der Waals surface area contributed by atoms with Crippen LogP contribution in [0, 0.1) is 13.8 Å². The van der Waals surface area contributed by atoms with Crippen molar-refractivity contribution in [1.29, 1.82) is 0 Å². The molecule has 0 radical (unpaired) electrons. The first-order valence-electron chi connectivity index (χ1n) is 12.4. The molecule has 2 fully saturated rings. The minimum absolute atomic E-state index is 0.0914. The molecule has 33 heavy (non-hydrogen) atoms. The maximum atomic E-state index is 9.83. The van der Waals surface area contributed by atoms with Crippen LogP contribution in [0.5, 0.6) is 0 Å². The van der Waals surface area contributed by atoms with Crippen LogP contribution in [0.15, 0.2) is 54.7 Å². The standard InChI is InChI=1S/C28H36N4O/c1-21-8-9-22(2)27(18-21)32-20-24(28(29-32)23-6-4-3-5-7-23)19-30-14-10-25(11-15-30)31-16-12-26(33)13-17-31/h3-9,18,20,25-26,33H,10-17,19H2,1-2H3. The lowest BCUT2D eigenvalue weighted by Gasteiger charge is -2.41. The van der Waals surface area contributed by atoms with E-state index < -0.39 is 0 Å². The number of rotatable bonds is 5. The minimum Gasteiger partial charge on any atom is -0.393 e. The molecule has 0 saturated carbocycles. The Kier molecular flexibility index (Phi) is 6.63. The molecule has 0 unspecified atom stereocenters. The fraction of sp³-hybridized carbons (Fsp3) is 0.464. The van der Waals surface area contributed by atoms with Crippen molar-refractivity contribution in [3.8, 4) is 16.9 Å². The average molecular weight is 445 g/mol. The first-order chi connectivity index (χ1) is 16.1. The number of aliphatic hydroxyl groups is 1. The molecule has 3 heterocycles. The molecule has 2 aliphatic rings. The third-order valence-corrected chi connectivity index (χ3v) is 7.42. The Morgan fingerprint density at radius 2 is 1.64 bits per heavy atom. The Morgan fingerprint density at radius 3 is 2.36 bits per heavy atom. The van der Waals surface area contributed by atoms with E-state index in [2.05, 4.69) is 83.1 Å². The molecular formula is C28H36N4O. The second kappa shape index (κ2) is 9.80. The molecule has 0 atom stereocenters. The van der Waals surface area contributed by atoms with Crippen molar-refractivity contribution in [2.24, 2.45) is 0 Å². The van der Waals surface area contributed by atoms with Crippen LogP contribution >= 0.6 is 0 Å². The average Bonchev–Trinajstić information content (AvgIpc) is 3.26. The lowest BCUT2D eigenvalue weighted by Crippen LogP contribution is -2.48. The maximum absolute atomic E-state index is 9.83. The molecule has 5 nitrogen and oxygen atoms in total. The first-order valence-corrected chi connectivity index (χ1v) is 12.4. The van der Waals surface area contributed by atoms with Crippen LogP contribution in [0.1, 0.15) is 42.4 Å². The van der Waals surface area contributed by atoms with Gasteiger partial charge in [-0.15, -0.1) is 0 Å². The SMILES string of the molecule is Cc1ccc(C)c(-n2cc(CN3CCC(N4CCC(O)CC4)CC3)c(-c3ccccc3)n2)c1. The number of aliphatic hydroxyl groups excluding tert-OH is 1. The lowest BCUT2D eigenvalue weighted by molar-refractivity contribution is 0.0376. The zero-order chi connectivity index (χ0) is 22.8. The summed E-state index contributed by atoms with van der Waals surface area (Å²) >= 11 is 0. The van der Waals surface area contributed by atoms with Crippen LogP contribution in [0.4, 0.5) is 0 Å². The van der Waals surface area contributed by atoms with E-state index in [-0.39, 0.29) is 6.10 Å². The summed E-state index contributed by atoms with van der Waals surface area (Å²) in [4.78, 5) is 5.20. The summed E-state index contributed by atoms with van der Waals surface area (Å²) in [6.45, 7) is 9.56.